The zero-order valence-electron chi connectivity index (χ0n) is 9.97. The van der Waals surface area contributed by atoms with Crippen molar-refractivity contribution < 1.29 is 9.90 Å². The van der Waals surface area contributed by atoms with E-state index in [1.807, 2.05) is 38.2 Å². The Balaban J connectivity index is 2.50. The summed E-state index contributed by atoms with van der Waals surface area (Å²) < 4.78 is 0. The molecule has 0 saturated carbocycles. The molecule has 3 nitrogen and oxygen atoms in total. The summed E-state index contributed by atoms with van der Waals surface area (Å²) in [6.45, 7) is 3.92. The Labute approximate surface area is 100 Å². The van der Waals surface area contributed by atoms with Crippen molar-refractivity contribution in [3.63, 3.8) is 0 Å². The highest BCUT2D eigenvalue weighted by atomic mass is 16.4. The number of carbonyl (C=O) groups is 1. The van der Waals surface area contributed by atoms with Crippen LogP contribution in [0.4, 0.5) is 0 Å². The number of nitrogens with zero attached hydrogens (tertiary/aromatic N) is 1. The molecule has 0 saturated heterocycles. The first-order valence-electron chi connectivity index (χ1n) is 5.65. The SMILES string of the molecule is Cc1cnc2c(C(C)CC(=O)O)cccc2c1. The van der Waals surface area contributed by atoms with Crippen LogP contribution < -0.4 is 0 Å². The van der Waals surface area contributed by atoms with E-state index in [-0.39, 0.29) is 12.3 Å². The first-order valence-corrected chi connectivity index (χ1v) is 5.65. The molecular formula is C14H15NO2. The lowest BCUT2D eigenvalue weighted by atomic mass is 9.95. The van der Waals surface area contributed by atoms with Crippen LogP contribution >= 0.6 is 0 Å². The van der Waals surface area contributed by atoms with Crippen molar-refractivity contribution in [1.82, 2.24) is 4.98 Å². The zero-order valence-corrected chi connectivity index (χ0v) is 9.97. The molecule has 0 spiro atoms. The van der Waals surface area contributed by atoms with Crippen LogP contribution in [0.15, 0.2) is 30.5 Å². The first kappa shape index (κ1) is 11.6. The van der Waals surface area contributed by atoms with Gasteiger partial charge in [-0.3, -0.25) is 9.78 Å². The number of rotatable bonds is 3. The van der Waals surface area contributed by atoms with Crippen LogP contribution in [0.2, 0.25) is 0 Å². The highest BCUT2D eigenvalue weighted by molar-refractivity contribution is 5.83. The predicted octanol–water partition coefficient (Wildman–Crippen LogP) is 3.12. The molecule has 2 aromatic rings. The molecule has 0 bridgehead atoms. The van der Waals surface area contributed by atoms with Crippen LogP contribution in [-0.4, -0.2) is 16.1 Å². The van der Waals surface area contributed by atoms with E-state index in [1.165, 1.54) is 0 Å². The average molecular weight is 229 g/mol. The Morgan fingerprint density at radius 3 is 2.94 bits per heavy atom. The summed E-state index contributed by atoms with van der Waals surface area (Å²) in [5, 5.41) is 9.91. The van der Waals surface area contributed by atoms with Crippen LogP contribution in [-0.2, 0) is 4.79 Å². The third-order valence-electron chi connectivity index (χ3n) is 2.89. The second kappa shape index (κ2) is 4.53. The number of benzene rings is 1. The monoisotopic (exact) mass is 229 g/mol. The van der Waals surface area contributed by atoms with E-state index in [1.54, 1.807) is 0 Å². The van der Waals surface area contributed by atoms with Crippen LogP contribution in [0.1, 0.15) is 30.4 Å². The van der Waals surface area contributed by atoms with Crippen molar-refractivity contribution >= 4 is 16.9 Å². The van der Waals surface area contributed by atoms with Gasteiger partial charge in [-0.1, -0.05) is 25.1 Å². The number of carboxylic acids is 1. The summed E-state index contributed by atoms with van der Waals surface area (Å²) >= 11 is 0. The minimum absolute atomic E-state index is 0.0218. The van der Waals surface area contributed by atoms with E-state index in [2.05, 4.69) is 11.1 Å². The molecule has 1 N–H and O–H groups in total. The number of hydrogen-bond acceptors (Lipinski definition) is 2. The van der Waals surface area contributed by atoms with Crippen LogP contribution in [0.5, 0.6) is 0 Å². The standard InChI is InChI=1S/C14H15NO2/c1-9-6-11-4-3-5-12(14(11)15-8-9)10(2)7-13(16)17/h3-6,8,10H,7H2,1-2H3,(H,16,17). The van der Waals surface area contributed by atoms with E-state index < -0.39 is 5.97 Å². The van der Waals surface area contributed by atoms with Crippen molar-refractivity contribution in [3.05, 3.63) is 41.6 Å². The molecule has 88 valence electrons. The summed E-state index contributed by atoms with van der Waals surface area (Å²) in [4.78, 5) is 15.2. The number of aromatic nitrogens is 1. The molecule has 1 aromatic heterocycles. The van der Waals surface area contributed by atoms with Crippen molar-refractivity contribution in [2.75, 3.05) is 0 Å². The molecule has 3 heteroatoms. The molecule has 0 fully saturated rings. The van der Waals surface area contributed by atoms with Gasteiger partial charge in [-0.25, -0.2) is 0 Å². The number of fused-ring (bicyclic) bond motifs is 1. The number of hydrogen-bond donors (Lipinski definition) is 1. The Bertz CT molecular complexity index is 563. The third-order valence-corrected chi connectivity index (χ3v) is 2.89. The molecule has 17 heavy (non-hydrogen) atoms. The summed E-state index contributed by atoms with van der Waals surface area (Å²) in [6.07, 6.45) is 1.95. The van der Waals surface area contributed by atoms with Crippen molar-refractivity contribution in [2.45, 2.75) is 26.2 Å². The molecule has 0 aliphatic heterocycles. The van der Waals surface area contributed by atoms with Crippen molar-refractivity contribution in [3.8, 4) is 0 Å². The van der Waals surface area contributed by atoms with Gasteiger partial charge < -0.3 is 5.11 Å². The smallest absolute Gasteiger partial charge is 0.303 e. The summed E-state index contributed by atoms with van der Waals surface area (Å²) in [6, 6.07) is 7.99. The summed E-state index contributed by atoms with van der Waals surface area (Å²) in [5.41, 5.74) is 3.03. The highest BCUT2D eigenvalue weighted by Gasteiger charge is 2.13. The predicted molar refractivity (Wildman–Crippen MR) is 67.1 cm³/mol. The van der Waals surface area contributed by atoms with Crippen LogP contribution in [0.3, 0.4) is 0 Å². The maximum atomic E-state index is 10.8. The molecule has 1 heterocycles. The van der Waals surface area contributed by atoms with Crippen molar-refractivity contribution in [2.24, 2.45) is 0 Å². The number of para-hydroxylation sites is 1. The van der Waals surface area contributed by atoms with E-state index >= 15 is 0 Å². The fraction of sp³-hybridized carbons (Fsp3) is 0.286. The molecule has 1 unspecified atom stereocenters. The number of pyridine rings is 1. The van der Waals surface area contributed by atoms with E-state index in [0.29, 0.717) is 0 Å². The highest BCUT2D eigenvalue weighted by Crippen LogP contribution is 2.26. The van der Waals surface area contributed by atoms with Crippen molar-refractivity contribution in [1.29, 1.82) is 0 Å². The molecule has 2 rings (SSSR count). The first-order chi connectivity index (χ1) is 8.08. The summed E-state index contributed by atoms with van der Waals surface area (Å²) in [5.74, 6) is -0.798. The maximum absolute atomic E-state index is 10.8. The molecule has 1 aromatic carbocycles. The molecule has 0 radical (unpaired) electrons. The zero-order chi connectivity index (χ0) is 12.4. The fourth-order valence-corrected chi connectivity index (χ4v) is 2.06. The Morgan fingerprint density at radius 1 is 1.47 bits per heavy atom. The summed E-state index contributed by atoms with van der Waals surface area (Å²) in [7, 11) is 0. The van der Waals surface area contributed by atoms with Gasteiger partial charge >= 0.3 is 5.97 Å². The molecule has 0 aliphatic carbocycles. The minimum Gasteiger partial charge on any atom is -0.481 e. The Morgan fingerprint density at radius 2 is 2.24 bits per heavy atom. The third kappa shape index (κ3) is 2.44. The van der Waals surface area contributed by atoms with E-state index in [9.17, 15) is 4.79 Å². The lowest BCUT2D eigenvalue weighted by Gasteiger charge is -2.12. The maximum Gasteiger partial charge on any atom is 0.303 e. The molecule has 1 atom stereocenters. The lowest BCUT2D eigenvalue weighted by Crippen LogP contribution is -2.04. The van der Waals surface area contributed by atoms with Gasteiger partial charge in [-0.2, -0.15) is 0 Å². The molecule has 0 aliphatic rings. The Kier molecular flexibility index (Phi) is 3.09. The number of carboxylic acid groups (broad SMARTS) is 1. The van der Waals surface area contributed by atoms with Gasteiger partial charge in [-0.05, 0) is 30.0 Å². The minimum atomic E-state index is -0.776. The van der Waals surface area contributed by atoms with Gasteiger partial charge in [0.05, 0.1) is 11.9 Å². The second-order valence-electron chi connectivity index (χ2n) is 4.43. The van der Waals surface area contributed by atoms with Gasteiger partial charge in [0.2, 0.25) is 0 Å². The van der Waals surface area contributed by atoms with Gasteiger partial charge in [0.25, 0.3) is 0 Å². The second-order valence-corrected chi connectivity index (χ2v) is 4.43. The Hall–Kier alpha value is -1.90. The van der Waals surface area contributed by atoms with Crippen LogP contribution in [0.25, 0.3) is 10.9 Å². The normalized spacial score (nSPS) is 12.6. The van der Waals surface area contributed by atoms with E-state index in [4.69, 9.17) is 5.11 Å². The molecule has 0 amide bonds. The topological polar surface area (TPSA) is 50.2 Å². The van der Waals surface area contributed by atoms with Gasteiger partial charge in [0, 0.05) is 11.6 Å². The van der Waals surface area contributed by atoms with Gasteiger partial charge in [0.15, 0.2) is 0 Å². The number of aliphatic carboxylic acids is 1. The number of aryl methyl sites for hydroxylation is 1. The largest absolute Gasteiger partial charge is 0.481 e. The average Bonchev–Trinajstić information content (AvgIpc) is 2.26. The fourth-order valence-electron chi connectivity index (χ4n) is 2.06. The van der Waals surface area contributed by atoms with Gasteiger partial charge in [-0.15, -0.1) is 0 Å². The van der Waals surface area contributed by atoms with E-state index in [0.717, 1.165) is 22.0 Å². The van der Waals surface area contributed by atoms with Gasteiger partial charge in [0.1, 0.15) is 0 Å². The quantitative estimate of drug-likeness (QED) is 0.879. The van der Waals surface area contributed by atoms with Crippen LogP contribution in [0, 0.1) is 6.92 Å². The molecular weight excluding hydrogens is 214 g/mol. The lowest BCUT2D eigenvalue weighted by molar-refractivity contribution is -0.137.